The van der Waals surface area contributed by atoms with Gasteiger partial charge in [0.05, 0.1) is 6.04 Å². The van der Waals surface area contributed by atoms with Crippen molar-refractivity contribution in [2.75, 3.05) is 0 Å². The van der Waals surface area contributed by atoms with Crippen molar-refractivity contribution in [3.05, 3.63) is 0 Å². The van der Waals surface area contributed by atoms with Crippen molar-refractivity contribution in [1.82, 2.24) is 5.32 Å². The highest BCUT2D eigenvalue weighted by molar-refractivity contribution is 5.82. The molecule has 1 amide bonds. The summed E-state index contributed by atoms with van der Waals surface area (Å²) in [6, 6.07) is -0.0649. The third-order valence-electron chi connectivity index (χ3n) is 4.11. The van der Waals surface area contributed by atoms with E-state index >= 15 is 0 Å². The molecule has 3 heteroatoms. The molecule has 0 bridgehead atoms. The standard InChI is InChI=1S/C15H30N2O/c1-5-6-11-7-9-12(10-8-11)17-14(18)13(16)15(2,3)4/h11-13H,5-10,16H2,1-4H3,(H,17,18)/t11?,12?,13-/m1/s1. The van der Waals surface area contributed by atoms with Gasteiger partial charge in [-0.15, -0.1) is 0 Å². The average Bonchev–Trinajstić information content (AvgIpc) is 2.30. The van der Waals surface area contributed by atoms with E-state index in [9.17, 15) is 4.79 Å². The van der Waals surface area contributed by atoms with Crippen LogP contribution in [0, 0.1) is 11.3 Å². The zero-order valence-corrected chi connectivity index (χ0v) is 12.5. The van der Waals surface area contributed by atoms with Crippen LogP contribution in [0.4, 0.5) is 0 Å². The van der Waals surface area contributed by atoms with Crippen LogP contribution < -0.4 is 11.1 Å². The fourth-order valence-corrected chi connectivity index (χ4v) is 2.69. The molecule has 0 aromatic rings. The lowest BCUT2D eigenvalue weighted by molar-refractivity contribution is -0.125. The molecule has 0 radical (unpaired) electrons. The maximum atomic E-state index is 12.0. The Morgan fingerprint density at radius 1 is 1.28 bits per heavy atom. The first kappa shape index (κ1) is 15.5. The summed E-state index contributed by atoms with van der Waals surface area (Å²) >= 11 is 0. The number of hydrogen-bond donors (Lipinski definition) is 2. The number of carbonyl (C=O) groups excluding carboxylic acids is 1. The van der Waals surface area contributed by atoms with Gasteiger partial charge in [0, 0.05) is 6.04 Å². The summed E-state index contributed by atoms with van der Waals surface area (Å²) in [5.41, 5.74) is 5.81. The monoisotopic (exact) mass is 254 g/mol. The second-order valence-corrected chi connectivity index (χ2v) is 6.86. The van der Waals surface area contributed by atoms with Gasteiger partial charge in [-0.3, -0.25) is 4.79 Å². The molecule has 106 valence electrons. The second-order valence-electron chi connectivity index (χ2n) is 6.86. The molecule has 1 atom stereocenters. The van der Waals surface area contributed by atoms with E-state index in [1.165, 1.54) is 25.7 Å². The number of hydrogen-bond acceptors (Lipinski definition) is 2. The lowest BCUT2D eigenvalue weighted by Gasteiger charge is -2.32. The van der Waals surface area contributed by atoms with Gasteiger partial charge in [0.15, 0.2) is 0 Å². The Bertz CT molecular complexity index is 262. The lowest BCUT2D eigenvalue weighted by Crippen LogP contribution is -2.51. The quantitative estimate of drug-likeness (QED) is 0.810. The van der Waals surface area contributed by atoms with E-state index in [0.717, 1.165) is 18.8 Å². The van der Waals surface area contributed by atoms with Crippen LogP contribution in [0.15, 0.2) is 0 Å². The molecule has 0 heterocycles. The van der Waals surface area contributed by atoms with Gasteiger partial charge in [0.2, 0.25) is 5.91 Å². The Morgan fingerprint density at radius 2 is 1.83 bits per heavy atom. The lowest BCUT2D eigenvalue weighted by atomic mass is 9.82. The Labute approximate surface area is 112 Å². The normalized spacial score (nSPS) is 26.7. The summed E-state index contributed by atoms with van der Waals surface area (Å²) < 4.78 is 0. The summed E-state index contributed by atoms with van der Waals surface area (Å²) in [6.07, 6.45) is 7.35. The summed E-state index contributed by atoms with van der Waals surface area (Å²) in [7, 11) is 0. The Hall–Kier alpha value is -0.570. The van der Waals surface area contributed by atoms with Crippen LogP contribution in [0.5, 0.6) is 0 Å². The van der Waals surface area contributed by atoms with Gasteiger partial charge in [-0.25, -0.2) is 0 Å². The molecule has 0 spiro atoms. The van der Waals surface area contributed by atoms with Crippen LogP contribution in [0.2, 0.25) is 0 Å². The van der Waals surface area contributed by atoms with E-state index in [0.29, 0.717) is 6.04 Å². The Kier molecular flexibility index (Phi) is 5.64. The van der Waals surface area contributed by atoms with Crippen LogP contribution in [0.25, 0.3) is 0 Å². The highest BCUT2D eigenvalue weighted by atomic mass is 16.2. The summed E-state index contributed by atoms with van der Waals surface area (Å²) in [5, 5.41) is 3.12. The smallest absolute Gasteiger partial charge is 0.237 e. The minimum atomic E-state index is -0.411. The van der Waals surface area contributed by atoms with Crippen molar-refractivity contribution in [3.8, 4) is 0 Å². The fourth-order valence-electron chi connectivity index (χ4n) is 2.69. The van der Waals surface area contributed by atoms with Crippen LogP contribution >= 0.6 is 0 Å². The van der Waals surface area contributed by atoms with E-state index in [-0.39, 0.29) is 11.3 Å². The second kappa shape index (κ2) is 6.55. The maximum absolute atomic E-state index is 12.0. The summed E-state index contributed by atoms with van der Waals surface area (Å²) in [6.45, 7) is 8.27. The van der Waals surface area contributed by atoms with Crippen molar-refractivity contribution >= 4 is 5.91 Å². The number of nitrogens with two attached hydrogens (primary N) is 1. The summed E-state index contributed by atoms with van der Waals surface area (Å²) in [4.78, 5) is 12.0. The molecule has 1 rings (SSSR count). The van der Waals surface area contributed by atoms with Gasteiger partial charge in [-0.05, 0) is 37.0 Å². The van der Waals surface area contributed by atoms with Gasteiger partial charge >= 0.3 is 0 Å². The molecular formula is C15H30N2O. The number of amides is 1. The Morgan fingerprint density at radius 3 is 2.28 bits per heavy atom. The van der Waals surface area contributed by atoms with Gasteiger partial charge in [0.25, 0.3) is 0 Å². The van der Waals surface area contributed by atoms with E-state index in [1.807, 2.05) is 20.8 Å². The van der Waals surface area contributed by atoms with Crippen molar-refractivity contribution < 1.29 is 4.79 Å². The molecule has 0 aliphatic heterocycles. The SMILES string of the molecule is CCCC1CCC(NC(=O)[C@@H](N)C(C)(C)C)CC1. The van der Waals surface area contributed by atoms with Gasteiger partial charge in [-0.2, -0.15) is 0 Å². The van der Waals surface area contributed by atoms with E-state index in [2.05, 4.69) is 12.2 Å². The zero-order valence-electron chi connectivity index (χ0n) is 12.5. The molecule has 1 fully saturated rings. The van der Waals surface area contributed by atoms with Gasteiger partial charge in [-0.1, -0.05) is 40.5 Å². The molecule has 0 aromatic heterocycles. The fraction of sp³-hybridized carbons (Fsp3) is 0.933. The third-order valence-corrected chi connectivity index (χ3v) is 4.11. The minimum absolute atomic E-state index is 0.0152. The molecule has 0 aromatic carbocycles. The largest absolute Gasteiger partial charge is 0.352 e. The molecular weight excluding hydrogens is 224 g/mol. The predicted molar refractivity (Wildman–Crippen MR) is 76.2 cm³/mol. The third kappa shape index (κ3) is 4.60. The molecule has 1 saturated carbocycles. The molecule has 3 nitrogen and oxygen atoms in total. The Balaban J connectivity index is 2.35. The van der Waals surface area contributed by atoms with Crippen LogP contribution in [-0.2, 0) is 4.79 Å². The first-order valence-corrected chi connectivity index (χ1v) is 7.40. The number of rotatable bonds is 4. The predicted octanol–water partition coefficient (Wildman–Crippen LogP) is 2.83. The van der Waals surface area contributed by atoms with Gasteiger partial charge < -0.3 is 11.1 Å². The van der Waals surface area contributed by atoms with E-state index < -0.39 is 6.04 Å². The topological polar surface area (TPSA) is 55.1 Å². The first-order valence-electron chi connectivity index (χ1n) is 7.40. The number of carbonyl (C=O) groups is 1. The van der Waals surface area contributed by atoms with E-state index in [4.69, 9.17) is 5.73 Å². The molecule has 0 unspecified atom stereocenters. The number of nitrogens with one attached hydrogen (secondary N) is 1. The zero-order chi connectivity index (χ0) is 13.8. The maximum Gasteiger partial charge on any atom is 0.237 e. The van der Waals surface area contributed by atoms with Crippen LogP contribution in [0.1, 0.15) is 66.2 Å². The van der Waals surface area contributed by atoms with Crippen LogP contribution in [0.3, 0.4) is 0 Å². The highest BCUT2D eigenvalue weighted by Crippen LogP contribution is 2.28. The van der Waals surface area contributed by atoms with Crippen molar-refractivity contribution in [1.29, 1.82) is 0 Å². The average molecular weight is 254 g/mol. The van der Waals surface area contributed by atoms with E-state index in [1.54, 1.807) is 0 Å². The van der Waals surface area contributed by atoms with Crippen molar-refractivity contribution in [2.24, 2.45) is 17.1 Å². The van der Waals surface area contributed by atoms with Crippen LogP contribution in [-0.4, -0.2) is 18.0 Å². The molecule has 0 saturated heterocycles. The highest BCUT2D eigenvalue weighted by Gasteiger charge is 2.30. The molecule has 18 heavy (non-hydrogen) atoms. The molecule has 3 N–H and O–H groups in total. The molecule has 1 aliphatic rings. The first-order chi connectivity index (χ1) is 8.34. The molecule has 1 aliphatic carbocycles. The van der Waals surface area contributed by atoms with Gasteiger partial charge in [0.1, 0.15) is 0 Å². The minimum Gasteiger partial charge on any atom is -0.352 e. The summed E-state index contributed by atoms with van der Waals surface area (Å²) in [5.74, 6) is 0.890. The van der Waals surface area contributed by atoms with Crippen molar-refractivity contribution in [3.63, 3.8) is 0 Å². The van der Waals surface area contributed by atoms with Crippen molar-refractivity contribution in [2.45, 2.75) is 78.3 Å².